The van der Waals surface area contributed by atoms with Crippen LogP contribution in [0.2, 0.25) is 10.0 Å². The second-order valence-corrected chi connectivity index (χ2v) is 5.12. The summed E-state index contributed by atoms with van der Waals surface area (Å²) in [5, 5.41) is 7.55. The molecule has 19 heavy (non-hydrogen) atoms. The van der Waals surface area contributed by atoms with Crippen molar-refractivity contribution in [2.45, 2.75) is 6.92 Å². The molecule has 0 fully saturated rings. The van der Waals surface area contributed by atoms with Gasteiger partial charge >= 0.3 is 0 Å². The quantitative estimate of drug-likeness (QED) is 0.800. The van der Waals surface area contributed by atoms with E-state index >= 15 is 0 Å². The Morgan fingerprint density at radius 2 is 2.00 bits per heavy atom. The fraction of sp³-hybridized carbons (Fsp3) is 0.0769. The van der Waals surface area contributed by atoms with Crippen molar-refractivity contribution < 1.29 is 0 Å². The lowest BCUT2D eigenvalue weighted by Gasteiger charge is -2.12. The maximum Gasteiger partial charge on any atom is 0.176 e. The number of rotatable bonds is 2. The van der Waals surface area contributed by atoms with E-state index in [1.165, 1.54) is 0 Å². The van der Waals surface area contributed by atoms with Crippen LogP contribution in [0.4, 0.5) is 11.5 Å². The van der Waals surface area contributed by atoms with Crippen molar-refractivity contribution in [3.8, 4) is 0 Å². The van der Waals surface area contributed by atoms with Gasteiger partial charge in [-0.2, -0.15) is 0 Å². The zero-order valence-electron chi connectivity index (χ0n) is 10.1. The average molecular weight is 312 g/mol. The second-order valence-electron chi connectivity index (χ2n) is 3.87. The summed E-state index contributed by atoms with van der Waals surface area (Å²) >= 11 is 17.2. The lowest BCUT2D eigenvalue weighted by atomic mass is 10.3. The van der Waals surface area contributed by atoms with Crippen LogP contribution in [0.3, 0.4) is 0 Å². The Kier molecular flexibility index (Phi) is 4.58. The van der Waals surface area contributed by atoms with Gasteiger partial charge in [0.1, 0.15) is 5.82 Å². The molecule has 0 aliphatic rings. The van der Waals surface area contributed by atoms with E-state index in [0.717, 1.165) is 5.56 Å². The largest absolute Gasteiger partial charge is 0.331 e. The molecule has 6 heteroatoms. The van der Waals surface area contributed by atoms with Gasteiger partial charge in [0.15, 0.2) is 5.11 Å². The molecule has 0 unspecified atom stereocenters. The summed E-state index contributed by atoms with van der Waals surface area (Å²) in [7, 11) is 0. The number of nitrogens with zero attached hydrogens (tertiary/aromatic N) is 1. The highest BCUT2D eigenvalue weighted by Gasteiger charge is 2.05. The van der Waals surface area contributed by atoms with E-state index in [0.29, 0.717) is 26.7 Å². The van der Waals surface area contributed by atoms with Crippen molar-refractivity contribution in [3.05, 3.63) is 52.1 Å². The lowest BCUT2D eigenvalue weighted by Crippen LogP contribution is -2.20. The van der Waals surface area contributed by atoms with Crippen LogP contribution in [-0.4, -0.2) is 10.1 Å². The number of hydrogen-bond donors (Lipinski definition) is 2. The normalized spacial score (nSPS) is 10.1. The number of anilines is 2. The van der Waals surface area contributed by atoms with Crippen LogP contribution >= 0.6 is 35.4 Å². The molecule has 2 aromatic rings. The molecule has 0 aliphatic carbocycles. The van der Waals surface area contributed by atoms with Gasteiger partial charge in [-0.3, -0.25) is 0 Å². The van der Waals surface area contributed by atoms with Crippen LogP contribution < -0.4 is 10.6 Å². The van der Waals surface area contributed by atoms with Crippen LogP contribution in [0.15, 0.2) is 36.5 Å². The number of benzene rings is 1. The summed E-state index contributed by atoms with van der Waals surface area (Å²) in [5.41, 5.74) is 1.66. The van der Waals surface area contributed by atoms with E-state index < -0.39 is 0 Å². The summed E-state index contributed by atoms with van der Waals surface area (Å²) in [6.45, 7) is 1.95. The van der Waals surface area contributed by atoms with Crippen molar-refractivity contribution >= 4 is 52.0 Å². The van der Waals surface area contributed by atoms with Gasteiger partial charge in [-0.25, -0.2) is 4.98 Å². The van der Waals surface area contributed by atoms with Crippen LogP contribution in [0, 0.1) is 6.92 Å². The highest BCUT2D eigenvalue weighted by molar-refractivity contribution is 7.80. The zero-order valence-corrected chi connectivity index (χ0v) is 12.4. The number of halogens is 2. The van der Waals surface area contributed by atoms with Gasteiger partial charge in [-0.1, -0.05) is 29.3 Å². The Balaban J connectivity index is 2.10. The number of aromatic nitrogens is 1. The Labute approximate surface area is 127 Å². The molecule has 0 spiro atoms. The Hall–Kier alpha value is -1.36. The molecule has 0 radical (unpaired) electrons. The molecular weight excluding hydrogens is 301 g/mol. The molecule has 2 rings (SSSR count). The Bertz CT molecular complexity index is 617. The molecule has 98 valence electrons. The van der Waals surface area contributed by atoms with Gasteiger partial charge in [0.05, 0.1) is 10.7 Å². The number of aryl methyl sites for hydroxylation is 1. The van der Waals surface area contributed by atoms with Crippen molar-refractivity contribution in [2.24, 2.45) is 0 Å². The van der Waals surface area contributed by atoms with Gasteiger partial charge in [0.25, 0.3) is 0 Å². The first-order valence-electron chi connectivity index (χ1n) is 5.51. The third-order valence-corrected chi connectivity index (χ3v) is 3.19. The third-order valence-electron chi connectivity index (χ3n) is 2.42. The molecule has 1 aromatic carbocycles. The van der Waals surface area contributed by atoms with Crippen molar-refractivity contribution in [2.75, 3.05) is 10.6 Å². The molecule has 3 nitrogen and oxygen atoms in total. The van der Waals surface area contributed by atoms with E-state index in [1.54, 1.807) is 24.4 Å². The van der Waals surface area contributed by atoms with E-state index in [4.69, 9.17) is 35.4 Å². The van der Waals surface area contributed by atoms with Crippen molar-refractivity contribution in [1.82, 2.24) is 4.98 Å². The first-order valence-corrected chi connectivity index (χ1v) is 6.67. The van der Waals surface area contributed by atoms with Gasteiger partial charge in [0.2, 0.25) is 0 Å². The lowest BCUT2D eigenvalue weighted by molar-refractivity contribution is 1.27. The fourth-order valence-corrected chi connectivity index (χ4v) is 2.01. The highest BCUT2D eigenvalue weighted by Crippen LogP contribution is 2.25. The molecule has 2 N–H and O–H groups in total. The molecule has 0 atom stereocenters. The van der Waals surface area contributed by atoms with E-state index in [-0.39, 0.29) is 0 Å². The van der Waals surface area contributed by atoms with Crippen molar-refractivity contribution in [1.29, 1.82) is 0 Å². The predicted molar refractivity (Wildman–Crippen MR) is 85.3 cm³/mol. The minimum absolute atomic E-state index is 0.408. The van der Waals surface area contributed by atoms with Crippen LogP contribution in [0.1, 0.15) is 5.56 Å². The van der Waals surface area contributed by atoms with Gasteiger partial charge in [-0.05, 0) is 49.0 Å². The first-order chi connectivity index (χ1) is 9.06. The monoisotopic (exact) mass is 311 g/mol. The topological polar surface area (TPSA) is 37.0 Å². The zero-order chi connectivity index (χ0) is 13.8. The van der Waals surface area contributed by atoms with E-state index in [1.807, 2.05) is 19.1 Å². The Morgan fingerprint density at radius 1 is 1.21 bits per heavy atom. The van der Waals surface area contributed by atoms with Crippen LogP contribution in [-0.2, 0) is 0 Å². The molecule has 1 aromatic heterocycles. The van der Waals surface area contributed by atoms with Gasteiger partial charge < -0.3 is 10.6 Å². The van der Waals surface area contributed by atoms with E-state index in [2.05, 4.69) is 15.6 Å². The maximum atomic E-state index is 6.05. The minimum Gasteiger partial charge on any atom is -0.331 e. The Morgan fingerprint density at radius 3 is 2.74 bits per heavy atom. The molecular formula is C13H11Cl2N3S. The SMILES string of the molecule is Cc1cccnc1NC(=S)Nc1cc(Cl)ccc1Cl. The number of pyridine rings is 1. The fourth-order valence-electron chi connectivity index (χ4n) is 1.47. The molecule has 0 aliphatic heterocycles. The first kappa shape index (κ1) is 14.1. The van der Waals surface area contributed by atoms with Crippen LogP contribution in [0.25, 0.3) is 0 Å². The molecule has 0 saturated heterocycles. The molecule has 1 heterocycles. The highest BCUT2D eigenvalue weighted by atomic mass is 35.5. The van der Waals surface area contributed by atoms with Gasteiger partial charge in [0, 0.05) is 11.2 Å². The summed E-state index contributed by atoms with van der Waals surface area (Å²) in [6.07, 6.45) is 1.70. The molecule has 0 amide bonds. The summed E-state index contributed by atoms with van der Waals surface area (Å²) < 4.78 is 0. The van der Waals surface area contributed by atoms with Crippen LogP contribution in [0.5, 0.6) is 0 Å². The molecule has 0 saturated carbocycles. The summed E-state index contributed by atoms with van der Waals surface area (Å²) in [6, 6.07) is 8.95. The predicted octanol–water partition coefficient (Wildman–Crippen LogP) is 4.51. The average Bonchev–Trinajstić information content (AvgIpc) is 2.37. The maximum absolute atomic E-state index is 6.05. The number of thiocarbonyl (C=S) groups is 1. The van der Waals surface area contributed by atoms with E-state index in [9.17, 15) is 0 Å². The summed E-state index contributed by atoms with van der Waals surface area (Å²) in [4.78, 5) is 4.20. The minimum atomic E-state index is 0.408. The number of nitrogens with one attached hydrogen (secondary N) is 2. The molecule has 0 bridgehead atoms. The van der Waals surface area contributed by atoms with Gasteiger partial charge in [-0.15, -0.1) is 0 Å². The smallest absolute Gasteiger partial charge is 0.176 e. The standard InChI is InChI=1S/C13H11Cl2N3S/c1-8-3-2-6-16-12(8)18-13(19)17-11-7-9(14)4-5-10(11)15/h2-7H,1H3,(H2,16,17,18,19). The number of hydrogen-bond acceptors (Lipinski definition) is 2. The van der Waals surface area contributed by atoms with Crippen molar-refractivity contribution in [3.63, 3.8) is 0 Å². The second kappa shape index (κ2) is 6.19. The third kappa shape index (κ3) is 3.80. The summed E-state index contributed by atoms with van der Waals surface area (Å²) in [5.74, 6) is 0.707.